The lowest BCUT2D eigenvalue weighted by atomic mass is 9.96. The third kappa shape index (κ3) is 5.07. The summed E-state index contributed by atoms with van der Waals surface area (Å²) in [5.41, 5.74) is 1.78. The van der Waals surface area contributed by atoms with Gasteiger partial charge in [-0.05, 0) is 74.6 Å². The first-order chi connectivity index (χ1) is 14.9. The smallest absolute Gasteiger partial charge is 0.248 e. The van der Waals surface area contributed by atoms with Gasteiger partial charge in [0.05, 0.1) is 10.8 Å². The van der Waals surface area contributed by atoms with E-state index < -0.39 is 10.0 Å². The number of amides is 1. The van der Waals surface area contributed by atoms with Gasteiger partial charge in [0.2, 0.25) is 21.5 Å². The van der Waals surface area contributed by atoms with Crippen molar-refractivity contribution in [2.75, 3.05) is 19.6 Å². The van der Waals surface area contributed by atoms with Gasteiger partial charge in [-0.1, -0.05) is 11.6 Å². The zero-order valence-electron chi connectivity index (χ0n) is 17.6. The zero-order valence-corrected chi connectivity index (χ0v) is 18.4. The summed E-state index contributed by atoms with van der Waals surface area (Å²) in [6, 6.07) is 7.68. The lowest BCUT2D eigenvalue weighted by Gasteiger charge is -2.31. The maximum atomic E-state index is 13.2. The van der Waals surface area contributed by atoms with Gasteiger partial charge in [0.15, 0.2) is 0 Å². The van der Waals surface area contributed by atoms with E-state index >= 15 is 0 Å². The molecule has 0 saturated carbocycles. The van der Waals surface area contributed by atoms with Crippen molar-refractivity contribution in [3.05, 3.63) is 52.3 Å². The van der Waals surface area contributed by atoms with Gasteiger partial charge in [0.1, 0.15) is 0 Å². The average Bonchev–Trinajstić information content (AvgIpc) is 2.79. The number of carbonyl (C=O) groups excluding carboxylic acids is 1. The molecule has 4 rings (SSSR count). The van der Waals surface area contributed by atoms with Crippen LogP contribution in [0.1, 0.15) is 44.9 Å². The van der Waals surface area contributed by atoms with Crippen LogP contribution >= 0.6 is 0 Å². The van der Waals surface area contributed by atoms with Crippen LogP contribution in [-0.4, -0.2) is 43.2 Å². The normalized spacial score (nSPS) is 20.4. The number of hydrogen-bond donors (Lipinski definition) is 2. The lowest BCUT2D eigenvalue weighted by molar-refractivity contribution is -0.126. The Bertz CT molecular complexity index is 1150. The summed E-state index contributed by atoms with van der Waals surface area (Å²) < 4.78 is 27.8. The van der Waals surface area contributed by atoms with E-state index in [1.807, 2.05) is 0 Å². The molecule has 0 bridgehead atoms. The Kier molecular flexibility index (Phi) is 6.57. The largest absolute Gasteiger partial charge is 0.356 e. The number of pyridine rings is 1. The van der Waals surface area contributed by atoms with Crippen molar-refractivity contribution in [1.29, 1.82) is 0 Å². The van der Waals surface area contributed by atoms with Gasteiger partial charge in [0, 0.05) is 31.2 Å². The standard InChI is InChI=1S/C23H29N3O4S/c27-22-11-8-18-15-20(9-10-21(18)25-22)31(29,30)26-14-4-7-19(16-26)23(28)24-13-12-17-5-2-1-3-6-17/h5,8-11,15,19H,1-4,6-7,12-14,16H2,(H,24,28)(H,25,27). The van der Waals surface area contributed by atoms with Crippen molar-refractivity contribution in [1.82, 2.24) is 14.6 Å². The Morgan fingerprint density at radius 1 is 1.16 bits per heavy atom. The molecule has 1 aliphatic carbocycles. The van der Waals surface area contributed by atoms with Gasteiger partial charge in [-0.3, -0.25) is 9.59 Å². The number of aromatic amines is 1. The van der Waals surface area contributed by atoms with E-state index in [-0.39, 0.29) is 28.8 Å². The minimum Gasteiger partial charge on any atom is -0.356 e. The van der Waals surface area contributed by atoms with E-state index in [0.29, 0.717) is 36.8 Å². The number of rotatable bonds is 6. The van der Waals surface area contributed by atoms with E-state index in [2.05, 4.69) is 16.4 Å². The molecule has 7 nitrogen and oxygen atoms in total. The molecule has 2 N–H and O–H groups in total. The number of carbonyl (C=O) groups is 1. The molecule has 1 fully saturated rings. The minimum atomic E-state index is -3.72. The zero-order chi connectivity index (χ0) is 21.8. The minimum absolute atomic E-state index is 0.0626. The Morgan fingerprint density at radius 3 is 2.84 bits per heavy atom. The molecular formula is C23H29N3O4S. The first-order valence-electron chi connectivity index (χ1n) is 11.0. The number of H-pyrrole nitrogens is 1. The van der Waals surface area contributed by atoms with Crippen LogP contribution in [0, 0.1) is 5.92 Å². The van der Waals surface area contributed by atoms with Crippen molar-refractivity contribution in [2.24, 2.45) is 5.92 Å². The first-order valence-corrected chi connectivity index (χ1v) is 12.5. The predicted molar refractivity (Wildman–Crippen MR) is 120 cm³/mol. The van der Waals surface area contributed by atoms with Gasteiger partial charge in [0.25, 0.3) is 0 Å². The molecule has 2 heterocycles. The fraction of sp³-hybridized carbons (Fsp3) is 0.478. The molecule has 1 atom stereocenters. The Morgan fingerprint density at radius 2 is 2.03 bits per heavy atom. The highest BCUT2D eigenvalue weighted by molar-refractivity contribution is 7.89. The number of hydrogen-bond acceptors (Lipinski definition) is 4. The van der Waals surface area contributed by atoms with Crippen LogP contribution < -0.4 is 10.9 Å². The molecule has 2 aromatic rings. The van der Waals surface area contributed by atoms with Crippen molar-refractivity contribution >= 4 is 26.8 Å². The summed E-state index contributed by atoms with van der Waals surface area (Å²) in [5, 5.41) is 3.66. The van der Waals surface area contributed by atoms with Gasteiger partial charge in [-0.15, -0.1) is 0 Å². The van der Waals surface area contributed by atoms with Crippen LogP contribution in [0.5, 0.6) is 0 Å². The Hall–Kier alpha value is -2.45. The van der Waals surface area contributed by atoms with Crippen molar-refractivity contribution < 1.29 is 13.2 Å². The van der Waals surface area contributed by atoms with Crippen LogP contribution in [0.15, 0.2) is 51.7 Å². The van der Waals surface area contributed by atoms with Gasteiger partial charge < -0.3 is 10.3 Å². The van der Waals surface area contributed by atoms with Crippen molar-refractivity contribution in [2.45, 2.75) is 49.8 Å². The van der Waals surface area contributed by atoms with Gasteiger partial charge in [-0.25, -0.2) is 8.42 Å². The molecule has 1 saturated heterocycles. The highest BCUT2D eigenvalue weighted by Gasteiger charge is 2.33. The summed E-state index contributed by atoms with van der Waals surface area (Å²) in [6.45, 7) is 1.21. The molecule has 1 aliphatic heterocycles. The second-order valence-electron chi connectivity index (χ2n) is 8.42. The molecule has 2 aliphatic rings. The molecule has 166 valence electrons. The van der Waals surface area contributed by atoms with E-state index in [4.69, 9.17) is 0 Å². The highest BCUT2D eigenvalue weighted by Crippen LogP contribution is 2.26. The molecule has 1 aromatic heterocycles. The Balaban J connectivity index is 1.41. The maximum Gasteiger partial charge on any atom is 0.248 e. The number of piperidine rings is 1. The molecule has 1 amide bonds. The summed E-state index contributed by atoms with van der Waals surface area (Å²) >= 11 is 0. The van der Waals surface area contributed by atoms with Crippen LogP contribution in [0.4, 0.5) is 0 Å². The predicted octanol–water partition coefficient (Wildman–Crippen LogP) is 2.94. The molecule has 0 radical (unpaired) electrons. The molecule has 0 spiro atoms. The molecule has 1 aromatic carbocycles. The topological polar surface area (TPSA) is 99.3 Å². The summed E-state index contributed by atoms with van der Waals surface area (Å²) in [4.78, 5) is 27.0. The maximum absolute atomic E-state index is 13.2. The lowest BCUT2D eigenvalue weighted by Crippen LogP contribution is -2.45. The van der Waals surface area contributed by atoms with E-state index in [1.54, 1.807) is 18.2 Å². The second kappa shape index (κ2) is 9.36. The third-order valence-electron chi connectivity index (χ3n) is 6.22. The Labute approximate surface area is 182 Å². The third-order valence-corrected chi connectivity index (χ3v) is 8.08. The molecular weight excluding hydrogens is 414 g/mol. The molecule has 8 heteroatoms. The van der Waals surface area contributed by atoms with Crippen LogP contribution in [0.2, 0.25) is 0 Å². The van der Waals surface area contributed by atoms with E-state index in [1.165, 1.54) is 34.9 Å². The number of allylic oxidation sites excluding steroid dienone is 1. The SMILES string of the molecule is O=C(NCCC1=CCCCC1)C1CCCN(S(=O)(=O)c2ccc3[nH]c(=O)ccc3c2)C1. The number of nitrogens with zero attached hydrogens (tertiary/aromatic N) is 1. The highest BCUT2D eigenvalue weighted by atomic mass is 32.2. The fourth-order valence-corrected chi connectivity index (χ4v) is 6.00. The van der Waals surface area contributed by atoms with Gasteiger partial charge in [-0.2, -0.15) is 4.31 Å². The summed E-state index contributed by atoms with van der Waals surface area (Å²) in [5.74, 6) is -0.395. The van der Waals surface area contributed by atoms with Gasteiger partial charge >= 0.3 is 0 Å². The number of nitrogens with one attached hydrogen (secondary N) is 2. The quantitative estimate of drug-likeness (QED) is 0.671. The first kappa shape index (κ1) is 21.8. The van der Waals surface area contributed by atoms with E-state index in [0.717, 1.165) is 19.3 Å². The molecule has 1 unspecified atom stereocenters. The second-order valence-corrected chi connectivity index (χ2v) is 10.4. The monoisotopic (exact) mass is 443 g/mol. The van der Waals surface area contributed by atoms with Crippen molar-refractivity contribution in [3.63, 3.8) is 0 Å². The summed E-state index contributed by atoms with van der Waals surface area (Å²) in [7, 11) is -3.72. The number of benzene rings is 1. The fourth-order valence-electron chi connectivity index (χ4n) is 4.44. The van der Waals surface area contributed by atoms with Crippen molar-refractivity contribution in [3.8, 4) is 0 Å². The van der Waals surface area contributed by atoms with E-state index in [9.17, 15) is 18.0 Å². The van der Waals surface area contributed by atoms with Crippen LogP contribution in [0.3, 0.4) is 0 Å². The summed E-state index contributed by atoms with van der Waals surface area (Å²) in [6.07, 6.45) is 9.22. The van der Waals surface area contributed by atoms with Crippen LogP contribution in [-0.2, 0) is 14.8 Å². The molecule has 31 heavy (non-hydrogen) atoms. The average molecular weight is 444 g/mol. The number of sulfonamides is 1. The van der Waals surface area contributed by atoms with Crippen LogP contribution in [0.25, 0.3) is 10.9 Å². The number of aromatic nitrogens is 1. The number of fused-ring (bicyclic) bond motifs is 1.